The summed E-state index contributed by atoms with van der Waals surface area (Å²) < 4.78 is 0. The lowest BCUT2D eigenvalue weighted by Crippen LogP contribution is -2.10. The molecular weight excluding hydrogens is 282 g/mol. The number of amides is 1. The predicted molar refractivity (Wildman–Crippen MR) is 84.5 cm³/mol. The number of carbonyl (C=O) groups excluding carboxylic acids is 1. The van der Waals surface area contributed by atoms with Gasteiger partial charge >= 0.3 is 0 Å². The number of aromatic nitrogens is 2. The van der Waals surface area contributed by atoms with Gasteiger partial charge in [0.1, 0.15) is 0 Å². The second kappa shape index (κ2) is 5.85. The summed E-state index contributed by atoms with van der Waals surface area (Å²) in [7, 11) is 0. The van der Waals surface area contributed by atoms with E-state index < -0.39 is 0 Å². The maximum absolute atomic E-state index is 12.0. The first-order valence-electron chi connectivity index (χ1n) is 6.47. The molecule has 0 saturated carbocycles. The Hall–Kier alpha value is -2.53. The zero-order valence-corrected chi connectivity index (χ0v) is 12.2. The molecule has 21 heavy (non-hydrogen) atoms. The summed E-state index contributed by atoms with van der Waals surface area (Å²) in [5.41, 5.74) is 1.54. The van der Waals surface area contributed by atoms with E-state index in [1.165, 1.54) is 11.3 Å². The molecule has 0 radical (unpaired) electrons. The highest BCUT2D eigenvalue weighted by atomic mass is 32.1. The monoisotopic (exact) mass is 295 g/mol. The van der Waals surface area contributed by atoms with E-state index in [2.05, 4.69) is 15.3 Å². The zero-order valence-electron chi connectivity index (χ0n) is 11.4. The van der Waals surface area contributed by atoms with Gasteiger partial charge in [0.2, 0.25) is 0 Å². The number of nitrogens with zero attached hydrogens (tertiary/aromatic N) is 2. The molecule has 1 amide bonds. The largest absolute Gasteiger partial charge is 0.319 e. The first-order chi connectivity index (χ1) is 10.2. The van der Waals surface area contributed by atoms with E-state index in [1.54, 1.807) is 12.4 Å². The number of benzene rings is 1. The Morgan fingerprint density at radius 1 is 1.05 bits per heavy atom. The highest BCUT2D eigenvalue weighted by Crippen LogP contribution is 2.18. The standard InChI is InChI=1S/C16H13N3OS/c1-11-7-8-14(21-11)16(20)19-13-9-17-15(18-10-13)12-5-3-2-4-6-12/h2-10H,1H3,(H,19,20). The molecule has 0 atom stereocenters. The van der Waals surface area contributed by atoms with Crippen molar-refractivity contribution in [2.45, 2.75) is 6.92 Å². The quantitative estimate of drug-likeness (QED) is 0.800. The maximum Gasteiger partial charge on any atom is 0.265 e. The summed E-state index contributed by atoms with van der Waals surface area (Å²) in [4.78, 5) is 22.4. The van der Waals surface area contributed by atoms with E-state index in [4.69, 9.17) is 0 Å². The van der Waals surface area contributed by atoms with E-state index in [0.717, 1.165) is 10.4 Å². The Kier molecular flexibility index (Phi) is 3.75. The van der Waals surface area contributed by atoms with Crippen molar-refractivity contribution in [3.05, 3.63) is 64.6 Å². The summed E-state index contributed by atoms with van der Waals surface area (Å²) in [5.74, 6) is 0.504. The average Bonchev–Trinajstić information content (AvgIpc) is 2.96. The highest BCUT2D eigenvalue weighted by molar-refractivity contribution is 7.14. The number of aryl methyl sites for hydroxylation is 1. The number of nitrogens with one attached hydrogen (secondary N) is 1. The fourth-order valence-corrected chi connectivity index (χ4v) is 2.64. The van der Waals surface area contributed by atoms with Crippen LogP contribution in [-0.2, 0) is 0 Å². The molecule has 3 aromatic rings. The minimum absolute atomic E-state index is 0.135. The third-order valence-electron chi connectivity index (χ3n) is 2.91. The zero-order chi connectivity index (χ0) is 14.7. The molecule has 0 saturated heterocycles. The molecule has 0 aliphatic carbocycles. The lowest BCUT2D eigenvalue weighted by Gasteiger charge is -2.04. The van der Waals surface area contributed by atoms with Crippen LogP contribution < -0.4 is 5.32 Å². The van der Waals surface area contributed by atoms with Gasteiger partial charge in [0.25, 0.3) is 5.91 Å². The first-order valence-corrected chi connectivity index (χ1v) is 7.29. The van der Waals surface area contributed by atoms with Crippen LogP contribution in [0, 0.1) is 6.92 Å². The number of rotatable bonds is 3. The van der Waals surface area contributed by atoms with Crippen LogP contribution in [0.3, 0.4) is 0 Å². The molecule has 2 heterocycles. The molecule has 0 fully saturated rings. The van der Waals surface area contributed by atoms with Crippen LogP contribution in [0.4, 0.5) is 5.69 Å². The third kappa shape index (κ3) is 3.14. The molecular formula is C16H13N3OS. The van der Waals surface area contributed by atoms with Gasteiger partial charge in [-0.2, -0.15) is 0 Å². The van der Waals surface area contributed by atoms with Crippen molar-refractivity contribution in [1.82, 2.24) is 9.97 Å². The van der Waals surface area contributed by atoms with Crippen molar-refractivity contribution < 1.29 is 4.79 Å². The molecule has 0 aliphatic rings. The number of anilines is 1. The van der Waals surface area contributed by atoms with Gasteiger partial charge in [-0.15, -0.1) is 11.3 Å². The van der Waals surface area contributed by atoms with Crippen LogP contribution in [0.5, 0.6) is 0 Å². The molecule has 0 spiro atoms. The fourth-order valence-electron chi connectivity index (χ4n) is 1.88. The van der Waals surface area contributed by atoms with Crippen molar-refractivity contribution in [1.29, 1.82) is 0 Å². The van der Waals surface area contributed by atoms with Crippen LogP contribution in [-0.4, -0.2) is 15.9 Å². The maximum atomic E-state index is 12.0. The summed E-state index contributed by atoms with van der Waals surface area (Å²) >= 11 is 1.46. The minimum Gasteiger partial charge on any atom is -0.319 e. The summed E-state index contributed by atoms with van der Waals surface area (Å²) in [5, 5.41) is 2.80. The molecule has 104 valence electrons. The van der Waals surface area contributed by atoms with Gasteiger partial charge in [-0.25, -0.2) is 9.97 Å². The van der Waals surface area contributed by atoms with Crippen LogP contribution in [0.15, 0.2) is 54.9 Å². The molecule has 2 aromatic heterocycles. The van der Waals surface area contributed by atoms with E-state index >= 15 is 0 Å². The van der Waals surface area contributed by atoms with Gasteiger partial charge < -0.3 is 5.32 Å². The Labute approximate surface area is 126 Å². The van der Waals surface area contributed by atoms with E-state index in [1.807, 2.05) is 49.4 Å². The lowest BCUT2D eigenvalue weighted by atomic mass is 10.2. The molecule has 1 N–H and O–H groups in total. The van der Waals surface area contributed by atoms with Crippen molar-refractivity contribution in [2.75, 3.05) is 5.32 Å². The van der Waals surface area contributed by atoms with Crippen molar-refractivity contribution in [3.63, 3.8) is 0 Å². The third-order valence-corrected chi connectivity index (χ3v) is 3.91. The molecule has 1 aromatic carbocycles. The molecule has 0 unspecified atom stereocenters. The number of carbonyl (C=O) groups is 1. The van der Waals surface area contributed by atoms with Crippen LogP contribution in [0.2, 0.25) is 0 Å². The van der Waals surface area contributed by atoms with E-state index in [9.17, 15) is 4.79 Å². The summed E-state index contributed by atoms with van der Waals surface area (Å²) in [6, 6.07) is 13.5. The van der Waals surface area contributed by atoms with Gasteiger partial charge in [-0.3, -0.25) is 4.79 Å². The molecule has 5 heteroatoms. The summed E-state index contributed by atoms with van der Waals surface area (Å²) in [6.07, 6.45) is 3.24. The number of hydrogen-bond acceptors (Lipinski definition) is 4. The van der Waals surface area contributed by atoms with Crippen LogP contribution in [0.1, 0.15) is 14.5 Å². The number of hydrogen-bond donors (Lipinski definition) is 1. The lowest BCUT2D eigenvalue weighted by molar-refractivity contribution is 0.103. The first kappa shape index (κ1) is 13.5. The highest BCUT2D eigenvalue weighted by Gasteiger charge is 2.09. The second-order valence-corrected chi connectivity index (χ2v) is 5.81. The normalized spacial score (nSPS) is 10.3. The second-order valence-electron chi connectivity index (χ2n) is 4.53. The summed E-state index contributed by atoms with van der Waals surface area (Å²) in [6.45, 7) is 1.97. The van der Waals surface area contributed by atoms with Gasteiger partial charge in [0.05, 0.1) is 23.0 Å². The fraction of sp³-hybridized carbons (Fsp3) is 0.0625. The van der Waals surface area contributed by atoms with E-state index in [0.29, 0.717) is 16.4 Å². The average molecular weight is 295 g/mol. The Morgan fingerprint density at radius 2 is 1.76 bits per heavy atom. The molecule has 0 bridgehead atoms. The molecule has 4 nitrogen and oxygen atoms in total. The molecule has 0 aliphatic heterocycles. The smallest absolute Gasteiger partial charge is 0.265 e. The van der Waals surface area contributed by atoms with Gasteiger partial charge in [0, 0.05) is 10.4 Å². The van der Waals surface area contributed by atoms with Gasteiger partial charge in [0.15, 0.2) is 5.82 Å². The van der Waals surface area contributed by atoms with Crippen molar-refractivity contribution >= 4 is 22.9 Å². The minimum atomic E-state index is -0.135. The van der Waals surface area contributed by atoms with Crippen molar-refractivity contribution in [3.8, 4) is 11.4 Å². The van der Waals surface area contributed by atoms with Crippen LogP contribution >= 0.6 is 11.3 Å². The Morgan fingerprint density at radius 3 is 2.38 bits per heavy atom. The topological polar surface area (TPSA) is 54.9 Å². The SMILES string of the molecule is Cc1ccc(C(=O)Nc2cnc(-c3ccccc3)nc2)s1. The number of thiophene rings is 1. The van der Waals surface area contributed by atoms with Crippen LogP contribution in [0.25, 0.3) is 11.4 Å². The van der Waals surface area contributed by atoms with E-state index in [-0.39, 0.29) is 5.91 Å². The van der Waals surface area contributed by atoms with Gasteiger partial charge in [-0.1, -0.05) is 30.3 Å². The molecule has 3 rings (SSSR count). The van der Waals surface area contributed by atoms with Gasteiger partial charge in [-0.05, 0) is 19.1 Å². The van der Waals surface area contributed by atoms with Crippen molar-refractivity contribution in [2.24, 2.45) is 0 Å². The predicted octanol–water partition coefficient (Wildman–Crippen LogP) is 3.77. The Bertz CT molecular complexity index is 751. The Balaban J connectivity index is 1.74.